The Kier molecular flexibility index (Phi) is 5.04. The van der Waals surface area contributed by atoms with Gasteiger partial charge in [0.15, 0.2) is 0 Å². The fourth-order valence-electron chi connectivity index (χ4n) is 2.89. The summed E-state index contributed by atoms with van der Waals surface area (Å²) >= 11 is 0. The van der Waals surface area contributed by atoms with Crippen LogP contribution in [0.4, 0.5) is 11.6 Å². The van der Waals surface area contributed by atoms with Gasteiger partial charge in [-0.1, -0.05) is 20.8 Å². The van der Waals surface area contributed by atoms with Crippen LogP contribution in [-0.4, -0.2) is 35.8 Å². The Hall–Kier alpha value is -1.36. The van der Waals surface area contributed by atoms with Gasteiger partial charge in [0.2, 0.25) is 0 Å². The molecule has 0 saturated heterocycles. The van der Waals surface area contributed by atoms with Crippen molar-refractivity contribution in [3.05, 3.63) is 11.9 Å². The summed E-state index contributed by atoms with van der Waals surface area (Å²) in [4.78, 5) is 9.19. The maximum Gasteiger partial charge on any atom is 0.133 e. The summed E-state index contributed by atoms with van der Waals surface area (Å²) in [5.41, 5.74) is 0.128. The molecule has 0 spiro atoms. The number of hydrogen-bond donors (Lipinski definition) is 2. The number of aryl methyl sites for hydroxylation is 1. The molecule has 0 amide bonds. The summed E-state index contributed by atoms with van der Waals surface area (Å²) in [5, 5.41) is 6.84. The van der Waals surface area contributed by atoms with Crippen LogP contribution in [0.25, 0.3) is 0 Å². The van der Waals surface area contributed by atoms with Gasteiger partial charge in [-0.2, -0.15) is 0 Å². The average molecular weight is 292 g/mol. The van der Waals surface area contributed by atoms with Crippen LogP contribution in [-0.2, 0) is 11.2 Å². The number of nitrogens with zero attached hydrogens (tertiary/aromatic N) is 2. The van der Waals surface area contributed by atoms with E-state index in [0.717, 1.165) is 43.3 Å². The van der Waals surface area contributed by atoms with E-state index in [2.05, 4.69) is 48.3 Å². The van der Waals surface area contributed by atoms with E-state index in [1.165, 1.54) is 0 Å². The lowest BCUT2D eigenvalue weighted by molar-refractivity contribution is -0.0795. The lowest BCUT2D eigenvalue weighted by atomic mass is 9.64. The van der Waals surface area contributed by atoms with Crippen molar-refractivity contribution in [2.75, 3.05) is 24.3 Å². The van der Waals surface area contributed by atoms with Crippen LogP contribution in [0.2, 0.25) is 0 Å². The molecule has 1 aromatic rings. The molecule has 2 rings (SSSR count). The van der Waals surface area contributed by atoms with Crippen molar-refractivity contribution in [2.45, 2.75) is 59.1 Å². The van der Waals surface area contributed by atoms with E-state index in [9.17, 15) is 0 Å². The molecule has 21 heavy (non-hydrogen) atoms. The van der Waals surface area contributed by atoms with Gasteiger partial charge in [0.05, 0.1) is 6.10 Å². The summed E-state index contributed by atoms with van der Waals surface area (Å²) in [5.74, 6) is 2.72. The molecule has 0 bridgehead atoms. The molecule has 1 fully saturated rings. The number of anilines is 2. The smallest absolute Gasteiger partial charge is 0.133 e. The lowest BCUT2D eigenvalue weighted by Gasteiger charge is -2.51. The van der Waals surface area contributed by atoms with Crippen molar-refractivity contribution < 1.29 is 4.74 Å². The third-order valence-corrected chi connectivity index (χ3v) is 4.39. The Bertz CT molecular complexity index is 451. The molecule has 5 nitrogen and oxygen atoms in total. The van der Waals surface area contributed by atoms with Crippen LogP contribution in [0.3, 0.4) is 0 Å². The monoisotopic (exact) mass is 292 g/mol. The van der Waals surface area contributed by atoms with E-state index >= 15 is 0 Å². The van der Waals surface area contributed by atoms with Crippen LogP contribution in [0, 0.1) is 5.41 Å². The molecule has 1 aliphatic rings. The number of ether oxygens (including phenoxy) is 1. The highest BCUT2D eigenvalue weighted by molar-refractivity contribution is 5.49. The summed E-state index contributed by atoms with van der Waals surface area (Å²) in [6, 6.07) is 2.39. The van der Waals surface area contributed by atoms with Crippen molar-refractivity contribution in [2.24, 2.45) is 5.41 Å². The largest absolute Gasteiger partial charge is 0.381 e. The number of hydrogen-bond acceptors (Lipinski definition) is 5. The molecule has 0 aromatic carbocycles. The van der Waals surface area contributed by atoms with Crippen LogP contribution in [0.1, 0.15) is 46.4 Å². The van der Waals surface area contributed by atoms with Crippen LogP contribution in [0.15, 0.2) is 6.07 Å². The molecule has 2 atom stereocenters. The predicted molar refractivity (Wildman–Crippen MR) is 86.8 cm³/mol. The van der Waals surface area contributed by atoms with E-state index < -0.39 is 0 Å². The zero-order valence-corrected chi connectivity index (χ0v) is 13.9. The maximum absolute atomic E-state index is 5.51. The first-order valence-corrected chi connectivity index (χ1v) is 7.92. The van der Waals surface area contributed by atoms with Crippen LogP contribution in [0.5, 0.6) is 0 Å². The van der Waals surface area contributed by atoms with Crippen molar-refractivity contribution in [3.8, 4) is 0 Å². The summed E-state index contributed by atoms with van der Waals surface area (Å²) in [7, 11) is 1.79. The zero-order chi connectivity index (χ0) is 15.5. The molecule has 2 N–H and O–H groups in total. The van der Waals surface area contributed by atoms with Crippen molar-refractivity contribution >= 4 is 11.6 Å². The molecule has 0 radical (unpaired) electrons. The minimum atomic E-state index is 0.128. The average Bonchev–Trinajstić information content (AvgIpc) is 2.43. The third-order valence-electron chi connectivity index (χ3n) is 4.39. The molecule has 1 aromatic heterocycles. The van der Waals surface area contributed by atoms with Gasteiger partial charge in [-0.15, -0.1) is 0 Å². The SMILES string of the molecule is CCCc1nc(NCC)cc(NC2CC(OC)C2(C)C)n1. The van der Waals surface area contributed by atoms with Crippen LogP contribution < -0.4 is 10.6 Å². The molecule has 5 heteroatoms. The van der Waals surface area contributed by atoms with Crippen molar-refractivity contribution in [3.63, 3.8) is 0 Å². The van der Waals surface area contributed by atoms with Gasteiger partial charge in [0, 0.05) is 37.6 Å². The fraction of sp³-hybridized carbons (Fsp3) is 0.750. The summed E-state index contributed by atoms with van der Waals surface area (Å²) in [6.45, 7) is 9.56. The van der Waals surface area contributed by atoms with Gasteiger partial charge in [-0.25, -0.2) is 9.97 Å². The number of rotatable bonds is 7. The molecular formula is C16H28N4O. The van der Waals surface area contributed by atoms with E-state index in [4.69, 9.17) is 4.74 Å². The van der Waals surface area contributed by atoms with Gasteiger partial charge in [0.1, 0.15) is 17.5 Å². The lowest BCUT2D eigenvalue weighted by Crippen LogP contribution is -2.57. The fourth-order valence-corrected chi connectivity index (χ4v) is 2.89. The van der Waals surface area contributed by atoms with E-state index in [1.807, 2.05) is 6.07 Å². The minimum Gasteiger partial charge on any atom is -0.381 e. The Labute approximate surface area is 127 Å². The molecule has 118 valence electrons. The van der Waals surface area contributed by atoms with Crippen molar-refractivity contribution in [1.82, 2.24) is 9.97 Å². The van der Waals surface area contributed by atoms with E-state index in [1.54, 1.807) is 7.11 Å². The second kappa shape index (κ2) is 6.60. The topological polar surface area (TPSA) is 59.1 Å². The highest BCUT2D eigenvalue weighted by atomic mass is 16.5. The minimum absolute atomic E-state index is 0.128. The Balaban J connectivity index is 2.12. The van der Waals surface area contributed by atoms with Gasteiger partial charge >= 0.3 is 0 Å². The highest BCUT2D eigenvalue weighted by Crippen LogP contribution is 2.43. The Morgan fingerprint density at radius 2 is 2.00 bits per heavy atom. The molecular weight excluding hydrogens is 264 g/mol. The Morgan fingerprint density at radius 1 is 1.29 bits per heavy atom. The first-order valence-electron chi connectivity index (χ1n) is 7.92. The number of methoxy groups -OCH3 is 1. The van der Waals surface area contributed by atoms with Gasteiger partial charge < -0.3 is 15.4 Å². The van der Waals surface area contributed by atoms with E-state index in [-0.39, 0.29) is 5.41 Å². The Morgan fingerprint density at radius 3 is 2.57 bits per heavy atom. The van der Waals surface area contributed by atoms with Crippen LogP contribution >= 0.6 is 0 Å². The molecule has 1 aliphatic carbocycles. The number of aromatic nitrogens is 2. The van der Waals surface area contributed by atoms with Gasteiger partial charge in [-0.05, 0) is 19.8 Å². The zero-order valence-electron chi connectivity index (χ0n) is 13.9. The van der Waals surface area contributed by atoms with E-state index in [0.29, 0.717) is 12.1 Å². The van der Waals surface area contributed by atoms with Crippen molar-refractivity contribution in [1.29, 1.82) is 0 Å². The predicted octanol–water partition coefficient (Wildman–Crippen LogP) is 3.09. The second-order valence-electron chi connectivity index (χ2n) is 6.31. The molecule has 0 aliphatic heterocycles. The number of nitrogens with one attached hydrogen (secondary N) is 2. The first kappa shape index (κ1) is 16.0. The second-order valence-corrected chi connectivity index (χ2v) is 6.31. The van der Waals surface area contributed by atoms with Gasteiger partial charge in [-0.3, -0.25) is 0 Å². The normalized spacial score (nSPS) is 23.5. The molecule has 1 saturated carbocycles. The maximum atomic E-state index is 5.51. The summed E-state index contributed by atoms with van der Waals surface area (Å²) in [6.07, 6.45) is 3.30. The first-order chi connectivity index (χ1) is 10.0. The standard InChI is InChI=1S/C16H28N4O/c1-6-8-13-19-14(17-7-2)10-15(20-13)18-11-9-12(21-5)16(11,3)4/h10-12H,6-9H2,1-5H3,(H2,17,18,19,20). The molecule has 2 unspecified atom stereocenters. The molecule has 1 heterocycles. The highest BCUT2D eigenvalue weighted by Gasteiger charge is 2.48. The quantitative estimate of drug-likeness (QED) is 0.808. The van der Waals surface area contributed by atoms with Gasteiger partial charge in [0.25, 0.3) is 0 Å². The summed E-state index contributed by atoms with van der Waals surface area (Å²) < 4.78 is 5.51. The third kappa shape index (κ3) is 3.46.